The Hall–Kier alpha value is -2.14. The number of hydrogen-bond donors (Lipinski definition) is 0. The molecule has 0 spiro atoms. The number of nitrogens with zero attached hydrogens (tertiary/aromatic N) is 2. The van der Waals surface area contributed by atoms with Crippen molar-refractivity contribution in [3.05, 3.63) is 52.5 Å². The Balaban J connectivity index is 1.72. The van der Waals surface area contributed by atoms with Crippen LogP contribution in [0, 0.1) is 0 Å². The summed E-state index contributed by atoms with van der Waals surface area (Å²) in [6, 6.07) is 7.60. The van der Waals surface area contributed by atoms with Crippen molar-refractivity contribution in [2.24, 2.45) is 0 Å². The molecule has 1 amide bonds. The van der Waals surface area contributed by atoms with E-state index < -0.39 is 0 Å². The van der Waals surface area contributed by atoms with E-state index in [0.29, 0.717) is 18.0 Å². The number of aromatic nitrogens is 1. The first-order valence-electron chi connectivity index (χ1n) is 6.80. The number of hydrogen-bond acceptors (Lipinski definition) is 4. The summed E-state index contributed by atoms with van der Waals surface area (Å²) in [5.74, 6) is 0.607. The van der Waals surface area contributed by atoms with Crippen LogP contribution < -0.4 is 4.74 Å². The van der Waals surface area contributed by atoms with Gasteiger partial charge >= 0.3 is 0 Å². The highest BCUT2D eigenvalue weighted by Crippen LogP contribution is 2.26. The lowest BCUT2D eigenvalue weighted by Crippen LogP contribution is -2.35. The topological polar surface area (TPSA) is 42.4 Å². The van der Waals surface area contributed by atoms with Crippen LogP contribution in [0.4, 0.5) is 0 Å². The predicted octanol–water partition coefficient (Wildman–Crippen LogP) is 3.08. The maximum atomic E-state index is 12.4. The molecule has 0 fully saturated rings. The van der Waals surface area contributed by atoms with E-state index in [0.717, 1.165) is 13.0 Å². The Labute approximate surface area is 127 Å². The van der Waals surface area contributed by atoms with E-state index in [2.05, 4.69) is 28.6 Å². The molecule has 0 saturated carbocycles. The maximum Gasteiger partial charge on any atom is 0.272 e. The summed E-state index contributed by atoms with van der Waals surface area (Å²) in [5.41, 5.74) is 1.76. The molecule has 2 aromatic rings. The molecule has 21 heavy (non-hydrogen) atoms. The van der Waals surface area contributed by atoms with Gasteiger partial charge in [-0.25, -0.2) is 0 Å². The van der Waals surface area contributed by atoms with Gasteiger partial charge in [-0.15, -0.1) is 11.3 Å². The second-order valence-corrected chi connectivity index (χ2v) is 5.74. The van der Waals surface area contributed by atoms with Gasteiger partial charge in [-0.3, -0.25) is 9.78 Å². The fourth-order valence-corrected chi connectivity index (χ4v) is 3.15. The van der Waals surface area contributed by atoms with E-state index in [1.54, 1.807) is 36.8 Å². The summed E-state index contributed by atoms with van der Waals surface area (Å²) in [7, 11) is 1.58. The van der Waals surface area contributed by atoms with Crippen LogP contribution >= 0.6 is 11.3 Å². The highest BCUT2D eigenvalue weighted by molar-refractivity contribution is 7.11. The van der Waals surface area contributed by atoms with Crippen LogP contribution in [0.5, 0.6) is 5.75 Å². The first kappa shape index (κ1) is 13.8. The van der Waals surface area contributed by atoms with Gasteiger partial charge in [0.25, 0.3) is 5.91 Å². The molecule has 3 rings (SSSR count). The molecule has 0 unspecified atom stereocenters. The van der Waals surface area contributed by atoms with Gasteiger partial charge in [0.15, 0.2) is 0 Å². The molecule has 0 atom stereocenters. The van der Waals surface area contributed by atoms with E-state index in [1.165, 1.54) is 10.5 Å². The van der Waals surface area contributed by atoms with E-state index >= 15 is 0 Å². The molecule has 0 bridgehead atoms. The zero-order valence-corrected chi connectivity index (χ0v) is 12.6. The smallest absolute Gasteiger partial charge is 0.272 e. The van der Waals surface area contributed by atoms with E-state index in [4.69, 9.17) is 4.74 Å². The first-order valence-corrected chi connectivity index (χ1v) is 7.68. The lowest BCUT2D eigenvalue weighted by atomic mass is 10.1. The lowest BCUT2D eigenvalue weighted by Gasteiger charge is -2.26. The molecule has 0 N–H and O–H groups in total. The minimum absolute atomic E-state index is 0.0459. The summed E-state index contributed by atoms with van der Waals surface area (Å²) >= 11 is 1.74. The van der Waals surface area contributed by atoms with Crippen LogP contribution in [0.1, 0.15) is 21.8 Å². The van der Waals surface area contributed by atoms with Crippen LogP contribution in [-0.4, -0.2) is 36.0 Å². The van der Waals surface area contributed by atoms with Crippen molar-refractivity contribution >= 4 is 22.8 Å². The lowest BCUT2D eigenvalue weighted by molar-refractivity contribution is 0.0766. The number of amides is 1. The van der Waals surface area contributed by atoms with Gasteiger partial charge < -0.3 is 9.64 Å². The summed E-state index contributed by atoms with van der Waals surface area (Å²) in [6.07, 6.45) is 4.62. The molecule has 4 nitrogen and oxygen atoms in total. The molecule has 1 aliphatic heterocycles. The summed E-state index contributed by atoms with van der Waals surface area (Å²) in [5, 5.41) is 2.08. The average Bonchev–Trinajstić information content (AvgIpc) is 3.09. The third kappa shape index (κ3) is 2.97. The van der Waals surface area contributed by atoms with Crippen molar-refractivity contribution in [1.29, 1.82) is 0 Å². The highest BCUT2D eigenvalue weighted by atomic mass is 32.1. The van der Waals surface area contributed by atoms with Crippen LogP contribution in [0.2, 0.25) is 0 Å². The third-order valence-corrected chi connectivity index (χ3v) is 4.47. The summed E-state index contributed by atoms with van der Waals surface area (Å²) < 4.78 is 5.14. The van der Waals surface area contributed by atoms with Crippen molar-refractivity contribution in [1.82, 2.24) is 9.88 Å². The first-order chi connectivity index (χ1) is 10.3. The van der Waals surface area contributed by atoms with Gasteiger partial charge in [0.2, 0.25) is 0 Å². The number of thiophene rings is 1. The van der Waals surface area contributed by atoms with E-state index in [1.807, 2.05) is 4.90 Å². The zero-order valence-electron chi connectivity index (χ0n) is 11.8. The molecule has 2 aromatic heterocycles. The second-order valence-electron chi connectivity index (χ2n) is 4.79. The minimum atomic E-state index is -0.0459. The molecule has 5 heteroatoms. The number of rotatable bonds is 3. The fourth-order valence-electron chi connectivity index (χ4n) is 2.36. The summed E-state index contributed by atoms with van der Waals surface area (Å²) in [4.78, 5) is 19.7. The van der Waals surface area contributed by atoms with Gasteiger partial charge in [-0.2, -0.15) is 0 Å². The molecule has 1 aliphatic rings. The average molecular weight is 300 g/mol. The van der Waals surface area contributed by atoms with Gasteiger partial charge in [-0.05, 0) is 29.5 Å². The normalized spacial score (nSPS) is 14.7. The van der Waals surface area contributed by atoms with Crippen LogP contribution in [0.25, 0.3) is 5.57 Å². The molecule has 0 aromatic carbocycles. The Morgan fingerprint density at radius 3 is 3.00 bits per heavy atom. The van der Waals surface area contributed by atoms with E-state index in [9.17, 15) is 4.79 Å². The number of carbonyl (C=O) groups excluding carboxylic acids is 1. The largest absolute Gasteiger partial charge is 0.497 e. The number of methoxy groups -OCH3 is 1. The van der Waals surface area contributed by atoms with Crippen LogP contribution in [0.15, 0.2) is 41.9 Å². The maximum absolute atomic E-state index is 12.4. The third-order valence-electron chi connectivity index (χ3n) is 3.52. The quantitative estimate of drug-likeness (QED) is 0.875. The molecule has 0 aliphatic carbocycles. The predicted molar refractivity (Wildman–Crippen MR) is 83.6 cm³/mol. The fraction of sp³-hybridized carbons (Fsp3) is 0.250. The standard InChI is InChI=1S/C16H16N2O2S/c1-20-13-4-7-17-14(11-13)16(19)18-8-5-12(6-9-18)15-3-2-10-21-15/h2-5,7,10-11H,6,8-9H2,1H3. The molecule has 3 heterocycles. The second kappa shape index (κ2) is 6.10. The van der Waals surface area contributed by atoms with Crippen molar-refractivity contribution < 1.29 is 9.53 Å². The number of pyridine rings is 1. The number of carbonyl (C=O) groups is 1. The Morgan fingerprint density at radius 2 is 2.33 bits per heavy atom. The molecule has 108 valence electrons. The van der Waals surface area contributed by atoms with Crippen molar-refractivity contribution in [2.45, 2.75) is 6.42 Å². The Kier molecular flexibility index (Phi) is 4.01. The van der Waals surface area contributed by atoms with Crippen LogP contribution in [-0.2, 0) is 0 Å². The van der Waals surface area contributed by atoms with E-state index in [-0.39, 0.29) is 5.91 Å². The Bertz CT molecular complexity index is 665. The molecule has 0 radical (unpaired) electrons. The monoisotopic (exact) mass is 300 g/mol. The van der Waals surface area contributed by atoms with Crippen molar-refractivity contribution in [3.8, 4) is 5.75 Å². The van der Waals surface area contributed by atoms with Gasteiger partial charge in [0.05, 0.1) is 7.11 Å². The summed E-state index contributed by atoms with van der Waals surface area (Å²) in [6.45, 7) is 1.35. The number of ether oxygens (including phenoxy) is 1. The SMILES string of the molecule is COc1ccnc(C(=O)N2CC=C(c3cccs3)CC2)c1. The Morgan fingerprint density at radius 1 is 1.43 bits per heavy atom. The van der Waals surface area contributed by atoms with Gasteiger partial charge in [0.1, 0.15) is 11.4 Å². The van der Waals surface area contributed by atoms with Crippen molar-refractivity contribution in [2.75, 3.05) is 20.2 Å². The van der Waals surface area contributed by atoms with Crippen molar-refractivity contribution in [3.63, 3.8) is 0 Å². The molecule has 0 saturated heterocycles. The molecular weight excluding hydrogens is 284 g/mol. The van der Waals surface area contributed by atoms with Gasteiger partial charge in [-0.1, -0.05) is 12.1 Å². The van der Waals surface area contributed by atoms with Gasteiger partial charge in [0, 0.05) is 30.2 Å². The highest BCUT2D eigenvalue weighted by Gasteiger charge is 2.20. The zero-order chi connectivity index (χ0) is 14.7. The molecular formula is C16H16N2O2S. The minimum Gasteiger partial charge on any atom is -0.497 e. The van der Waals surface area contributed by atoms with Crippen LogP contribution in [0.3, 0.4) is 0 Å².